The van der Waals surface area contributed by atoms with Crippen molar-refractivity contribution >= 4 is 5.91 Å². The number of amides is 1. The fourth-order valence-corrected chi connectivity index (χ4v) is 3.43. The third-order valence-corrected chi connectivity index (χ3v) is 4.52. The van der Waals surface area contributed by atoms with Gasteiger partial charge in [0.1, 0.15) is 0 Å². The van der Waals surface area contributed by atoms with Gasteiger partial charge in [-0.1, -0.05) is 19.3 Å². The summed E-state index contributed by atoms with van der Waals surface area (Å²) in [5.41, 5.74) is 0. The average molecular weight is 298 g/mol. The second-order valence-corrected chi connectivity index (χ2v) is 6.52. The molecule has 1 atom stereocenters. The van der Waals surface area contributed by atoms with Crippen LogP contribution >= 0.6 is 0 Å². The molecule has 1 amide bonds. The molecule has 0 aromatic rings. The molecular weight excluding hydrogens is 268 g/mol. The number of hydrogen-bond donors (Lipinski definition) is 2. The van der Waals surface area contributed by atoms with E-state index in [2.05, 4.69) is 10.2 Å². The number of aliphatic hydroxyl groups is 1. The van der Waals surface area contributed by atoms with Gasteiger partial charge < -0.3 is 15.2 Å². The van der Waals surface area contributed by atoms with Crippen LogP contribution in [0.4, 0.5) is 0 Å². The molecule has 0 radical (unpaired) electrons. The zero-order valence-electron chi connectivity index (χ0n) is 13.2. The zero-order valence-corrected chi connectivity index (χ0v) is 13.2. The van der Waals surface area contributed by atoms with Crippen molar-refractivity contribution in [1.82, 2.24) is 10.2 Å². The van der Waals surface area contributed by atoms with Crippen molar-refractivity contribution in [3.63, 3.8) is 0 Å². The molecule has 1 aliphatic carbocycles. The number of aliphatic hydroxyl groups excluding tert-OH is 1. The Morgan fingerprint density at radius 2 is 1.90 bits per heavy atom. The van der Waals surface area contributed by atoms with Gasteiger partial charge in [0.2, 0.25) is 5.91 Å². The summed E-state index contributed by atoms with van der Waals surface area (Å²) in [5, 5.41) is 12.8. The fraction of sp³-hybridized carbons (Fsp3) is 0.938. The van der Waals surface area contributed by atoms with E-state index in [-0.39, 0.29) is 18.1 Å². The van der Waals surface area contributed by atoms with Crippen LogP contribution in [0, 0.1) is 0 Å². The van der Waals surface area contributed by atoms with E-state index in [1.54, 1.807) is 6.92 Å². The molecule has 5 heteroatoms. The molecule has 2 aliphatic rings. The summed E-state index contributed by atoms with van der Waals surface area (Å²) in [4.78, 5) is 14.4. The molecule has 0 bridgehead atoms. The Bertz CT molecular complexity index is 311. The van der Waals surface area contributed by atoms with Gasteiger partial charge in [-0.3, -0.25) is 9.69 Å². The minimum absolute atomic E-state index is 0.0909. The maximum absolute atomic E-state index is 12.3. The first kappa shape index (κ1) is 16.7. The third kappa shape index (κ3) is 5.93. The Hall–Kier alpha value is -0.650. The lowest BCUT2D eigenvalue weighted by atomic mass is 9.94. The normalized spacial score (nSPS) is 23.2. The van der Waals surface area contributed by atoms with Gasteiger partial charge in [-0.15, -0.1) is 0 Å². The lowest BCUT2D eigenvalue weighted by molar-refractivity contribution is -0.124. The molecule has 2 rings (SSSR count). The Morgan fingerprint density at radius 1 is 1.24 bits per heavy atom. The molecule has 21 heavy (non-hydrogen) atoms. The molecule has 0 aromatic heterocycles. The quantitative estimate of drug-likeness (QED) is 0.776. The first-order valence-corrected chi connectivity index (χ1v) is 8.44. The first-order valence-electron chi connectivity index (χ1n) is 8.44. The highest BCUT2D eigenvalue weighted by atomic mass is 16.5. The smallest absolute Gasteiger partial charge is 0.234 e. The molecule has 2 N–H and O–H groups in total. The van der Waals surface area contributed by atoms with Gasteiger partial charge >= 0.3 is 0 Å². The SMILES string of the molecule is CC(O)CN(CC(=O)NC1CCOCC1)C1CCCCC1. The summed E-state index contributed by atoms with van der Waals surface area (Å²) >= 11 is 0. The molecule has 0 spiro atoms. The molecular formula is C16H30N2O3. The monoisotopic (exact) mass is 298 g/mol. The second kappa shape index (κ2) is 8.71. The average Bonchev–Trinajstić information content (AvgIpc) is 2.48. The molecule has 1 aliphatic heterocycles. The van der Waals surface area contributed by atoms with Crippen LogP contribution in [0.2, 0.25) is 0 Å². The van der Waals surface area contributed by atoms with Gasteiger partial charge in [-0.2, -0.15) is 0 Å². The minimum atomic E-state index is -0.386. The number of nitrogens with zero attached hydrogens (tertiary/aromatic N) is 1. The van der Waals surface area contributed by atoms with Crippen molar-refractivity contribution in [3.8, 4) is 0 Å². The van der Waals surface area contributed by atoms with E-state index in [0.29, 0.717) is 19.1 Å². The van der Waals surface area contributed by atoms with Crippen LogP contribution in [0.5, 0.6) is 0 Å². The summed E-state index contributed by atoms with van der Waals surface area (Å²) in [6, 6.07) is 0.708. The largest absolute Gasteiger partial charge is 0.392 e. The third-order valence-electron chi connectivity index (χ3n) is 4.52. The number of carbonyl (C=O) groups excluding carboxylic acids is 1. The van der Waals surface area contributed by atoms with Gasteiger partial charge in [0.05, 0.1) is 12.6 Å². The molecule has 1 saturated carbocycles. The number of ether oxygens (including phenoxy) is 1. The standard InChI is InChI=1S/C16H30N2O3/c1-13(19)11-18(15-5-3-2-4-6-15)12-16(20)17-14-7-9-21-10-8-14/h13-15,19H,2-12H2,1H3,(H,17,20). The Labute approximate surface area is 128 Å². The highest BCUT2D eigenvalue weighted by Crippen LogP contribution is 2.22. The lowest BCUT2D eigenvalue weighted by Gasteiger charge is -2.35. The van der Waals surface area contributed by atoms with Crippen LogP contribution < -0.4 is 5.32 Å². The van der Waals surface area contributed by atoms with Gasteiger partial charge in [0.25, 0.3) is 0 Å². The summed E-state index contributed by atoms with van der Waals surface area (Å²) < 4.78 is 5.32. The minimum Gasteiger partial charge on any atom is -0.392 e. The van der Waals surface area contributed by atoms with E-state index in [1.807, 2.05) is 0 Å². The van der Waals surface area contributed by atoms with Gasteiger partial charge in [-0.05, 0) is 32.6 Å². The molecule has 1 unspecified atom stereocenters. The van der Waals surface area contributed by atoms with Crippen LogP contribution in [0.3, 0.4) is 0 Å². The van der Waals surface area contributed by atoms with Gasteiger partial charge in [0.15, 0.2) is 0 Å². The number of rotatable bonds is 6. The maximum Gasteiger partial charge on any atom is 0.234 e. The van der Waals surface area contributed by atoms with E-state index in [9.17, 15) is 9.90 Å². The predicted molar refractivity (Wildman–Crippen MR) is 82.1 cm³/mol. The van der Waals surface area contributed by atoms with E-state index in [4.69, 9.17) is 4.74 Å². The molecule has 1 heterocycles. The van der Waals surface area contributed by atoms with Crippen LogP contribution in [0.25, 0.3) is 0 Å². The Morgan fingerprint density at radius 3 is 2.52 bits per heavy atom. The van der Waals surface area contributed by atoms with E-state index >= 15 is 0 Å². The summed E-state index contributed by atoms with van der Waals surface area (Å²) in [6.45, 7) is 4.28. The van der Waals surface area contributed by atoms with E-state index < -0.39 is 0 Å². The number of hydrogen-bond acceptors (Lipinski definition) is 4. The Kier molecular flexibility index (Phi) is 6.93. The van der Waals surface area contributed by atoms with Gasteiger partial charge in [-0.25, -0.2) is 0 Å². The fourth-order valence-electron chi connectivity index (χ4n) is 3.43. The highest BCUT2D eigenvalue weighted by Gasteiger charge is 2.25. The van der Waals surface area contributed by atoms with Crippen molar-refractivity contribution in [2.75, 3.05) is 26.3 Å². The molecule has 2 fully saturated rings. The van der Waals surface area contributed by atoms with Crippen molar-refractivity contribution in [2.45, 2.75) is 70.1 Å². The molecule has 0 aromatic carbocycles. The molecule has 1 saturated heterocycles. The molecule has 122 valence electrons. The zero-order chi connectivity index (χ0) is 15.1. The number of carbonyl (C=O) groups is 1. The molecule has 5 nitrogen and oxygen atoms in total. The summed E-state index contributed by atoms with van der Waals surface area (Å²) in [5.74, 6) is 0.0909. The van der Waals surface area contributed by atoms with E-state index in [0.717, 1.165) is 38.9 Å². The summed E-state index contributed by atoms with van der Waals surface area (Å²) in [6.07, 6.45) is 7.51. The van der Waals surface area contributed by atoms with E-state index in [1.165, 1.54) is 19.3 Å². The van der Waals surface area contributed by atoms with Crippen molar-refractivity contribution in [3.05, 3.63) is 0 Å². The van der Waals surface area contributed by atoms with Crippen molar-refractivity contribution in [2.24, 2.45) is 0 Å². The van der Waals surface area contributed by atoms with Crippen molar-refractivity contribution < 1.29 is 14.6 Å². The highest BCUT2D eigenvalue weighted by molar-refractivity contribution is 5.78. The lowest BCUT2D eigenvalue weighted by Crippen LogP contribution is -2.49. The van der Waals surface area contributed by atoms with Crippen LogP contribution in [-0.2, 0) is 9.53 Å². The Balaban J connectivity index is 1.82. The van der Waals surface area contributed by atoms with Crippen LogP contribution in [0.15, 0.2) is 0 Å². The van der Waals surface area contributed by atoms with Crippen molar-refractivity contribution in [1.29, 1.82) is 0 Å². The summed E-state index contributed by atoms with van der Waals surface area (Å²) in [7, 11) is 0. The maximum atomic E-state index is 12.3. The van der Waals surface area contributed by atoms with Crippen LogP contribution in [0.1, 0.15) is 51.9 Å². The second-order valence-electron chi connectivity index (χ2n) is 6.52. The first-order chi connectivity index (χ1) is 10.1. The predicted octanol–water partition coefficient (Wildman–Crippen LogP) is 1.30. The topological polar surface area (TPSA) is 61.8 Å². The van der Waals surface area contributed by atoms with Crippen LogP contribution in [-0.4, -0.2) is 60.4 Å². The number of nitrogens with one attached hydrogen (secondary N) is 1. The van der Waals surface area contributed by atoms with Gasteiger partial charge in [0, 0.05) is 31.8 Å².